The van der Waals surface area contributed by atoms with Crippen LogP contribution in [0.15, 0.2) is 24.0 Å². The molecular weight excluding hydrogens is 344 g/mol. The highest BCUT2D eigenvalue weighted by atomic mass is 16.6. The quantitative estimate of drug-likeness (QED) is 0.501. The molecule has 0 bridgehead atoms. The largest absolute Gasteiger partial charge is 0.469 e. The number of aliphatic hydroxyl groups is 1. The number of rotatable bonds is 6. The van der Waals surface area contributed by atoms with E-state index in [0.29, 0.717) is 0 Å². The molecule has 0 aromatic rings. The van der Waals surface area contributed by atoms with Crippen LogP contribution in [0, 0.1) is 0 Å². The highest BCUT2D eigenvalue weighted by molar-refractivity contribution is 5.81. The monoisotopic (exact) mass is 370 g/mol. The maximum Gasteiger partial charge on any atom is 0.335 e. The van der Waals surface area contributed by atoms with Crippen LogP contribution < -0.4 is 5.73 Å². The van der Waals surface area contributed by atoms with E-state index in [1.54, 1.807) is 0 Å². The summed E-state index contributed by atoms with van der Waals surface area (Å²) in [7, 11) is 1.19. The summed E-state index contributed by atoms with van der Waals surface area (Å²) in [4.78, 5) is 33.2. The third-order valence-electron chi connectivity index (χ3n) is 3.78. The average Bonchev–Trinajstić information content (AvgIpc) is 3.09. The fourth-order valence-corrected chi connectivity index (χ4v) is 2.51. The van der Waals surface area contributed by atoms with Crippen molar-refractivity contribution >= 4 is 18.3 Å². The first-order valence-corrected chi connectivity index (χ1v) is 8.25. The minimum atomic E-state index is -1.50. The predicted molar refractivity (Wildman–Crippen MR) is 91.1 cm³/mol. The lowest BCUT2D eigenvalue weighted by Gasteiger charge is -2.27. The molecule has 2 aliphatic heterocycles. The van der Waals surface area contributed by atoms with Crippen LogP contribution in [0.5, 0.6) is 0 Å². The van der Waals surface area contributed by atoms with Crippen molar-refractivity contribution in [3.63, 3.8) is 0 Å². The number of nitrogens with zero attached hydrogens (tertiary/aromatic N) is 1. The molecule has 0 aromatic carbocycles. The molecule has 0 spiro atoms. The van der Waals surface area contributed by atoms with E-state index in [4.69, 9.17) is 14.3 Å². The first kappa shape index (κ1) is 21.7. The average molecular weight is 370 g/mol. The summed E-state index contributed by atoms with van der Waals surface area (Å²) in [5, 5.41) is 9.54. The summed E-state index contributed by atoms with van der Waals surface area (Å²) < 4.78 is 15.3. The van der Waals surface area contributed by atoms with Crippen LogP contribution in [0.25, 0.3) is 0 Å². The molecule has 2 aliphatic rings. The standard InChI is InChI=1S/C16H23NO6.CH3NO/c1-11-4-3-7-17(9-11)14-6-5-12(23-14)10-22-16(20)13(18)8-15(19)21-2;2-1-3/h3,7,9,12-14,18H,4-6,8,10H2,1-2H3;1H,(H2,2,3). The third kappa shape index (κ3) is 7.24. The molecule has 0 aromatic heterocycles. The first-order valence-electron chi connectivity index (χ1n) is 8.25. The Labute approximate surface area is 152 Å². The summed E-state index contributed by atoms with van der Waals surface area (Å²) in [6.07, 6.45) is 6.73. The summed E-state index contributed by atoms with van der Waals surface area (Å²) in [5.41, 5.74) is 5.43. The Hall–Kier alpha value is -2.39. The van der Waals surface area contributed by atoms with E-state index in [2.05, 4.69) is 29.7 Å². The van der Waals surface area contributed by atoms with Crippen molar-refractivity contribution in [3.05, 3.63) is 24.0 Å². The Morgan fingerprint density at radius 1 is 1.50 bits per heavy atom. The van der Waals surface area contributed by atoms with Crippen molar-refractivity contribution in [2.24, 2.45) is 5.73 Å². The van der Waals surface area contributed by atoms with Gasteiger partial charge >= 0.3 is 11.9 Å². The number of aliphatic hydroxyl groups excluding tert-OH is 1. The number of carbonyl (C=O) groups is 3. The van der Waals surface area contributed by atoms with Gasteiger partial charge in [-0.3, -0.25) is 9.59 Å². The van der Waals surface area contributed by atoms with E-state index < -0.39 is 24.5 Å². The number of methoxy groups -OCH3 is 1. The molecular formula is C17H26N2O7. The Bertz CT molecular complexity index is 547. The molecule has 0 saturated carbocycles. The second-order valence-electron chi connectivity index (χ2n) is 5.86. The minimum Gasteiger partial charge on any atom is -0.469 e. The topological polar surface area (TPSA) is 128 Å². The van der Waals surface area contributed by atoms with Gasteiger partial charge in [-0.1, -0.05) is 11.6 Å². The normalized spacial score (nSPS) is 22.6. The number of nitrogens with two attached hydrogens (primary N) is 1. The van der Waals surface area contributed by atoms with Crippen molar-refractivity contribution in [1.82, 2.24) is 4.90 Å². The van der Waals surface area contributed by atoms with Gasteiger partial charge in [0.2, 0.25) is 6.41 Å². The van der Waals surface area contributed by atoms with Crippen LogP contribution in [-0.2, 0) is 28.6 Å². The Kier molecular flexibility index (Phi) is 9.38. The molecule has 2 rings (SSSR count). The van der Waals surface area contributed by atoms with Crippen LogP contribution in [-0.4, -0.2) is 60.5 Å². The van der Waals surface area contributed by atoms with Crippen LogP contribution >= 0.6 is 0 Å². The fourth-order valence-electron chi connectivity index (χ4n) is 2.51. The number of carbonyl (C=O) groups excluding carboxylic acids is 3. The van der Waals surface area contributed by atoms with Crippen LogP contribution in [0.1, 0.15) is 32.6 Å². The van der Waals surface area contributed by atoms with Crippen LogP contribution in [0.2, 0.25) is 0 Å². The number of hydrogen-bond donors (Lipinski definition) is 2. The predicted octanol–water partition coefficient (Wildman–Crippen LogP) is 0.183. The van der Waals surface area contributed by atoms with E-state index in [0.717, 1.165) is 19.3 Å². The third-order valence-corrected chi connectivity index (χ3v) is 3.78. The number of primary amides is 1. The number of hydrogen-bond acceptors (Lipinski definition) is 8. The summed E-state index contributed by atoms with van der Waals surface area (Å²) in [5.74, 6) is -1.50. The maximum atomic E-state index is 11.6. The second kappa shape index (κ2) is 11.3. The molecule has 9 heteroatoms. The van der Waals surface area contributed by atoms with E-state index in [1.165, 1.54) is 12.7 Å². The van der Waals surface area contributed by atoms with Crippen molar-refractivity contribution < 1.29 is 33.7 Å². The summed E-state index contributed by atoms with van der Waals surface area (Å²) in [6, 6.07) is 0. The Balaban J connectivity index is 0.00000105. The summed E-state index contributed by atoms with van der Waals surface area (Å²) >= 11 is 0. The lowest BCUT2D eigenvalue weighted by molar-refractivity contribution is -0.162. The van der Waals surface area contributed by atoms with Crippen molar-refractivity contribution in [3.8, 4) is 0 Å². The van der Waals surface area contributed by atoms with Gasteiger partial charge in [-0.2, -0.15) is 0 Å². The molecule has 1 saturated heterocycles. The lowest BCUT2D eigenvalue weighted by Crippen LogP contribution is -2.31. The van der Waals surface area contributed by atoms with Crippen molar-refractivity contribution in [2.75, 3.05) is 13.7 Å². The van der Waals surface area contributed by atoms with Gasteiger partial charge < -0.3 is 30.0 Å². The molecule has 1 amide bonds. The number of amides is 1. The van der Waals surface area contributed by atoms with Gasteiger partial charge in [-0.25, -0.2) is 4.79 Å². The molecule has 26 heavy (non-hydrogen) atoms. The minimum absolute atomic E-state index is 0.0633. The van der Waals surface area contributed by atoms with Crippen molar-refractivity contribution in [1.29, 1.82) is 0 Å². The number of esters is 2. The van der Waals surface area contributed by atoms with E-state index in [-0.39, 0.29) is 25.3 Å². The zero-order chi connectivity index (χ0) is 19.5. The number of ether oxygens (including phenoxy) is 3. The van der Waals surface area contributed by atoms with Crippen LogP contribution in [0.4, 0.5) is 0 Å². The molecule has 146 valence electrons. The fraction of sp³-hybridized carbons (Fsp3) is 0.588. The molecule has 3 N–H and O–H groups in total. The highest BCUT2D eigenvalue weighted by Crippen LogP contribution is 2.26. The molecule has 0 radical (unpaired) electrons. The lowest BCUT2D eigenvalue weighted by atomic mass is 10.2. The smallest absolute Gasteiger partial charge is 0.335 e. The molecule has 9 nitrogen and oxygen atoms in total. The zero-order valence-corrected chi connectivity index (χ0v) is 15.0. The van der Waals surface area contributed by atoms with Gasteiger partial charge in [0, 0.05) is 12.4 Å². The molecule has 2 heterocycles. The second-order valence-corrected chi connectivity index (χ2v) is 5.86. The highest BCUT2D eigenvalue weighted by Gasteiger charge is 2.30. The van der Waals surface area contributed by atoms with Gasteiger partial charge in [0.25, 0.3) is 0 Å². The maximum absolute atomic E-state index is 11.6. The molecule has 1 fully saturated rings. The van der Waals surface area contributed by atoms with Crippen molar-refractivity contribution in [2.45, 2.75) is 51.0 Å². The van der Waals surface area contributed by atoms with E-state index >= 15 is 0 Å². The molecule has 3 unspecified atom stereocenters. The Morgan fingerprint density at radius 2 is 2.19 bits per heavy atom. The Morgan fingerprint density at radius 3 is 2.81 bits per heavy atom. The first-order chi connectivity index (χ1) is 12.4. The van der Waals surface area contributed by atoms with Gasteiger partial charge in [-0.15, -0.1) is 0 Å². The molecule has 0 aliphatic carbocycles. The van der Waals surface area contributed by atoms with Gasteiger partial charge in [0.05, 0.1) is 19.6 Å². The van der Waals surface area contributed by atoms with Gasteiger partial charge in [0.15, 0.2) is 6.10 Å². The van der Waals surface area contributed by atoms with Gasteiger partial charge in [-0.05, 0) is 26.2 Å². The van der Waals surface area contributed by atoms with E-state index in [1.807, 2.05) is 11.1 Å². The number of allylic oxidation sites excluding steroid dienone is 2. The molecule has 3 atom stereocenters. The van der Waals surface area contributed by atoms with Gasteiger partial charge in [0.1, 0.15) is 12.8 Å². The summed E-state index contributed by atoms with van der Waals surface area (Å²) in [6.45, 7) is 2.13. The van der Waals surface area contributed by atoms with Crippen LogP contribution in [0.3, 0.4) is 0 Å². The zero-order valence-electron chi connectivity index (χ0n) is 15.0. The SMILES string of the molecule is COC(=O)CC(O)C(=O)OCC1CCC(N2C=CCC(C)=C2)O1.NC=O. The van der Waals surface area contributed by atoms with E-state index in [9.17, 15) is 14.7 Å².